The van der Waals surface area contributed by atoms with Crippen LogP contribution in [0.2, 0.25) is 0 Å². The largest absolute Gasteiger partial charge is 0.459 e. The number of furan rings is 1. The monoisotopic (exact) mass is 217 g/mol. The van der Waals surface area contributed by atoms with E-state index in [4.69, 9.17) is 10.2 Å². The highest BCUT2D eigenvalue weighted by Crippen LogP contribution is 2.27. The van der Waals surface area contributed by atoms with Crippen molar-refractivity contribution in [1.29, 1.82) is 0 Å². The van der Waals surface area contributed by atoms with Gasteiger partial charge in [-0.05, 0) is 36.1 Å². The number of rotatable bonds is 3. The number of benzene rings is 1. The summed E-state index contributed by atoms with van der Waals surface area (Å²) in [5.41, 5.74) is 8.23. The van der Waals surface area contributed by atoms with Crippen LogP contribution < -0.4 is 5.73 Å². The number of nitrogens with two attached hydrogens (primary N) is 1. The van der Waals surface area contributed by atoms with E-state index in [9.17, 15) is 0 Å². The first-order valence-corrected chi connectivity index (χ1v) is 5.90. The van der Waals surface area contributed by atoms with Crippen molar-refractivity contribution >= 4 is 11.0 Å². The van der Waals surface area contributed by atoms with E-state index in [1.807, 2.05) is 6.07 Å². The molecule has 0 fully saturated rings. The third kappa shape index (κ3) is 1.98. The smallest absolute Gasteiger partial charge is 0.134 e. The maximum atomic E-state index is 5.96. The SMILES string of the molecule is CCC(N)c1cc2cc(C(C)C)ccc2o1. The van der Waals surface area contributed by atoms with Gasteiger partial charge in [-0.1, -0.05) is 26.8 Å². The molecule has 0 aliphatic heterocycles. The molecule has 0 spiro atoms. The fraction of sp³-hybridized carbons (Fsp3) is 0.429. The van der Waals surface area contributed by atoms with Crippen LogP contribution in [0.5, 0.6) is 0 Å². The molecule has 0 aliphatic rings. The van der Waals surface area contributed by atoms with Crippen molar-refractivity contribution in [2.24, 2.45) is 5.73 Å². The van der Waals surface area contributed by atoms with Gasteiger partial charge in [-0.3, -0.25) is 0 Å². The molecule has 1 unspecified atom stereocenters. The van der Waals surface area contributed by atoms with Gasteiger partial charge in [0.05, 0.1) is 6.04 Å². The van der Waals surface area contributed by atoms with Crippen molar-refractivity contribution in [2.75, 3.05) is 0 Å². The van der Waals surface area contributed by atoms with Gasteiger partial charge < -0.3 is 10.2 Å². The van der Waals surface area contributed by atoms with E-state index in [0.717, 1.165) is 23.2 Å². The Hall–Kier alpha value is -1.28. The minimum absolute atomic E-state index is 0.00917. The van der Waals surface area contributed by atoms with Crippen molar-refractivity contribution in [3.63, 3.8) is 0 Å². The summed E-state index contributed by atoms with van der Waals surface area (Å²) < 4.78 is 5.73. The fourth-order valence-electron chi connectivity index (χ4n) is 1.83. The van der Waals surface area contributed by atoms with Gasteiger partial charge in [0.2, 0.25) is 0 Å². The highest BCUT2D eigenvalue weighted by molar-refractivity contribution is 5.79. The summed E-state index contributed by atoms with van der Waals surface area (Å²) in [6.07, 6.45) is 0.900. The minimum atomic E-state index is 0.00917. The molecule has 0 saturated carbocycles. The van der Waals surface area contributed by atoms with Gasteiger partial charge in [0.1, 0.15) is 11.3 Å². The van der Waals surface area contributed by atoms with Crippen LogP contribution in [0, 0.1) is 0 Å². The molecular formula is C14H19NO. The van der Waals surface area contributed by atoms with Crippen LogP contribution in [0.4, 0.5) is 0 Å². The van der Waals surface area contributed by atoms with Gasteiger partial charge in [0.15, 0.2) is 0 Å². The van der Waals surface area contributed by atoms with Gasteiger partial charge in [0, 0.05) is 5.39 Å². The molecule has 0 amide bonds. The highest BCUT2D eigenvalue weighted by atomic mass is 16.3. The van der Waals surface area contributed by atoms with Gasteiger partial charge in [-0.15, -0.1) is 0 Å². The Balaban J connectivity index is 2.46. The topological polar surface area (TPSA) is 39.2 Å². The summed E-state index contributed by atoms with van der Waals surface area (Å²) in [6.45, 7) is 6.46. The average molecular weight is 217 g/mol. The number of fused-ring (bicyclic) bond motifs is 1. The lowest BCUT2D eigenvalue weighted by Crippen LogP contribution is -2.06. The number of hydrogen-bond acceptors (Lipinski definition) is 2. The molecule has 1 aromatic heterocycles. The Morgan fingerprint density at radius 1 is 1.25 bits per heavy atom. The second-order valence-electron chi connectivity index (χ2n) is 4.62. The molecule has 0 bridgehead atoms. The van der Waals surface area contributed by atoms with Crippen LogP contribution in [0.3, 0.4) is 0 Å². The molecule has 1 atom stereocenters. The minimum Gasteiger partial charge on any atom is -0.459 e. The molecule has 0 aliphatic carbocycles. The van der Waals surface area contributed by atoms with E-state index < -0.39 is 0 Å². The summed E-state index contributed by atoms with van der Waals surface area (Å²) in [7, 11) is 0. The van der Waals surface area contributed by atoms with E-state index in [0.29, 0.717) is 5.92 Å². The van der Waals surface area contributed by atoms with Gasteiger partial charge in [0.25, 0.3) is 0 Å². The summed E-state index contributed by atoms with van der Waals surface area (Å²) in [6, 6.07) is 8.42. The zero-order valence-corrected chi connectivity index (χ0v) is 10.2. The highest BCUT2D eigenvalue weighted by Gasteiger charge is 2.10. The van der Waals surface area contributed by atoms with Crippen LogP contribution >= 0.6 is 0 Å². The molecule has 86 valence electrons. The molecule has 1 aromatic carbocycles. The fourth-order valence-corrected chi connectivity index (χ4v) is 1.83. The molecule has 2 nitrogen and oxygen atoms in total. The summed E-state index contributed by atoms with van der Waals surface area (Å²) >= 11 is 0. The molecule has 0 saturated heterocycles. The third-order valence-corrected chi connectivity index (χ3v) is 3.03. The molecular weight excluding hydrogens is 198 g/mol. The Labute approximate surface area is 96.4 Å². The third-order valence-electron chi connectivity index (χ3n) is 3.03. The Kier molecular flexibility index (Phi) is 3.01. The first-order chi connectivity index (χ1) is 7.61. The van der Waals surface area contributed by atoms with Crippen molar-refractivity contribution in [2.45, 2.75) is 39.2 Å². The van der Waals surface area contributed by atoms with Crippen LogP contribution in [-0.4, -0.2) is 0 Å². The van der Waals surface area contributed by atoms with Gasteiger partial charge in [-0.2, -0.15) is 0 Å². The predicted octanol–water partition coefficient (Wildman–Crippen LogP) is 3.97. The van der Waals surface area contributed by atoms with Gasteiger partial charge >= 0.3 is 0 Å². The van der Waals surface area contributed by atoms with E-state index in [1.165, 1.54) is 5.56 Å². The molecule has 2 aromatic rings. The molecule has 2 heteroatoms. The van der Waals surface area contributed by atoms with Crippen molar-refractivity contribution in [3.8, 4) is 0 Å². The van der Waals surface area contributed by atoms with Crippen LogP contribution in [0.15, 0.2) is 28.7 Å². The van der Waals surface area contributed by atoms with Crippen LogP contribution in [-0.2, 0) is 0 Å². The van der Waals surface area contributed by atoms with E-state index in [-0.39, 0.29) is 6.04 Å². The van der Waals surface area contributed by atoms with Crippen molar-refractivity contribution in [3.05, 3.63) is 35.6 Å². The second kappa shape index (κ2) is 4.30. The standard InChI is InChI=1S/C14H19NO/c1-4-12(15)14-8-11-7-10(9(2)3)5-6-13(11)16-14/h5-9,12H,4,15H2,1-3H3. The lowest BCUT2D eigenvalue weighted by Gasteiger charge is -2.03. The second-order valence-corrected chi connectivity index (χ2v) is 4.62. The molecule has 1 heterocycles. The predicted molar refractivity (Wildman–Crippen MR) is 67.5 cm³/mol. The Bertz CT molecular complexity index is 484. The Morgan fingerprint density at radius 3 is 2.62 bits per heavy atom. The zero-order valence-electron chi connectivity index (χ0n) is 10.2. The average Bonchev–Trinajstić information content (AvgIpc) is 2.70. The summed E-state index contributed by atoms with van der Waals surface area (Å²) in [5, 5.41) is 1.16. The van der Waals surface area contributed by atoms with Gasteiger partial charge in [-0.25, -0.2) is 0 Å². The number of hydrogen-bond donors (Lipinski definition) is 1. The zero-order chi connectivity index (χ0) is 11.7. The maximum absolute atomic E-state index is 5.96. The van der Waals surface area contributed by atoms with Crippen molar-refractivity contribution in [1.82, 2.24) is 0 Å². The van der Waals surface area contributed by atoms with E-state index in [1.54, 1.807) is 0 Å². The lowest BCUT2D eigenvalue weighted by molar-refractivity contribution is 0.488. The normalized spacial score (nSPS) is 13.6. The molecule has 2 N–H and O–H groups in total. The molecule has 0 radical (unpaired) electrons. The summed E-state index contributed by atoms with van der Waals surface area (Å²) in [5.74, 6) is 1.43. The van der Waals surface area contributed by atoms with Crippen LogP contribution in [0.1, 0.15) is 50.5 Å². The van der Waals surface area contributed by atoms with Crippen LogP contribution in [0.25, 0.3) is 11.0 Å². The molecule has 2 rings (SSSR count). The molecule has 16 heavy (non-hydrogen) atoms. The van der Waals surface area contributed by atoms with E-state index in [2.05, 4.69) is 39.0 Å². The lowest BCUT2D eigenvalue weighted by atomic mass is 10.0. The van der Waals surface area contributed by atoms with Crippen molar-refractivity contribution < 1.29 is 4.42 Å². The first-order valence-electron chi connectivity index (χ1n) is 5.90. The quantitative estimate of drug-likeness (QED) is 0.845. The van der Waals surface area contributed by atoms with E-state index >= 15 is 0 Å². The summed E-state index contributed by atoms with van der Waals surface area (Å²) in [4.78, 5) is 0. The first kappa shape index (κ1) is 11.2. The Morgan fingerprint density at radius 2 is 2.00 bits per heavy atom. The maximum Gasteiger partial charge on any atom is 0.134 e.